The Morgan fingerprint density at radius 1 is 1.29 bits per heavy atom. The summed E-state index contributed by atoms with van der Waals surface area (Å²) in [4.78, 5) is 12.1. The number of allylic oxidation sites excluding steroid dienone is 3. The molecule has 0 amide bonds. The lowest BCUT2D eigenvalue weighted by atomic mass is 10.0. The number of hydrogen-bond acceptors (Lipinski definition) is 2. The summed E-state index contributed by atoms with van der Waals surface area (Å²) in [6, 6.07) is 11.6. The third-order valence-corrected chi connectivity index (χ3v) is 3.61. The Hall–Kier alpha value is -2.61. The first-order valence-corrected chi connectivity index (χ1v) is 6.95. The van der Waals surface area contributed by atoms with Crippen molar-refractivity contribution in [2.24, 2.45) is 0 Å². The third-order valence-electron chi connectivity index (χ3n) is 3.61. The van der Waals surface area contributed by atoms with Crippen LogP contribution in [0.1, 0.15) is 22.3 Å². The fourth-order valence-electron chi connectivity index (χ4n) is 2.45. The van der Waals surface area contributed by atoms with Crippen LogP contribution in [0, 0.1) is 0 Å². The van der Waals surface area contributed by atoms with Crippen LogP contribution in [-0.4, -0.2) is 12.6 Å². The normalized spacial score (nSPS) is 13.2. The van der Waals surface area contributed by atoms with E-state index < -0.39 is 0 Å². The molecule has 0 fully saturated rings. The van der Waals surface area contributed by atoms with Gasteiger partial charge in [-0.3, -0.25) is 0 Å². The monoisotopic (exact) mass is 276 g/mol. The van der Waals surface area contributed by atoms with Crippen molar-refractivity contribution in [3.63, 3.8) is 0 Å². The van der Waals surface area contributed by atoms with E-state index in [1.54, 1.807) is 6.07 Å². The number of esters is 1. The number of rotatable bonds is 4. The van der Waals surface area contributed by atoms with Gasteiger partial charge in [-0.2, -0.15) is 0 Å². The van der Waals surface area contributed by atoms with Gasteiger partial charge in [-0.15, -0.1) is 0 Å². The molecule has 0 aromatic heterocycles. The molecule has 2 nitrogen and oxygen atoms in total. The molecule has 104 valence electrons. The lowest BCUT2D eigenvalue weighted by molar-refractivity contribution is 0.0539. The second-order valence-electron chi connectivity index (χ2n) is 5.02. The Labute approximate surface area is 124 Å². The molecule has 0 bridgehead atoms. The minimum Gasteiger partial charge on any atom is -0.458 e. The molecule has 0 spiro atoms. The molecule has 0 saturated heterocycles. The van der Waals surface area contributed by atoms with Gasteiger partial charge in [0.05, 0.1) is 5.56 Å². The molecule has 0 saturated carbocycles. The van der Waals surface area contributed by atoms with Gasteiger partial charge in [-0.1, -0.05) is 55.1 Å². The van der Waals surface area contributed by atoms with E-state index in [1.165, 1.54) is 0 Å². The van der Waals surface area contributed by atoms with Crippen LogP contribution in [0.4, 0.5) is 0 Å². The van der Waals surface area contributed by atoms with E-state index in [4.69, 9.17) is 4.74 Å². The highest BCUT2D eigenvalue weighted by Gasteiger charge is 2.10. The zero-order valence-corrected chi connectivity index (χ0v) is 11.7. The van der Waals surface area contributed by atoms with Gasteiger partial charge < -0.3 is 4.74 Å². The molecule has 3 rings (SSSR count). The Kier molecular flexibility index (Phi) is 3.69. The maximum absolute atomic E-state index is 12.1. The number of ether oxygens (including phenoxy) is 1. The van der Waals surface area contributed by atoms with E-state index in [2.05, 4.69) is 12.7 Å². The van der Waals surface area contributed by atoms with Crippen LogP contribution < -0.4 is 0 Å². The lowest BCUT2D eigenvalue weighted by Crippen LogP contribution is -2.07. The summed E-state index contributed by atoms with van der Waals surface area (Å²) in [7, 11) is 0. The SMILES string of the molecule is C=Cc1cccc2cc(C(=O)OCC3=CC=CC3)ccc12. The minimum atomic E-state index is -0.284. The van der Waals surface area contributed by atoms with Crippen molar-refractivity contribution in [1.29, 1.82) is 0 Å². The predicted molar refractivity (Wildman–Crippen MR) is 86.2 cm³/mol. The average molecular weight is 276 g/mol. The van der Waals surface area contributed by atoms with Crippen LogP contribution in [-0.2, 0) is 4.74 Å². The summed E-state index contributed by atoms with van der Waals surface area (Å²) >= 11 is 0. The molecule has 2 heteroatoms. The molecule has 1 aliphatic carbocycles. The van der Waals surface area contributed by atoms with Crippen molar-refractivity contribution in [2.45, 2.75) is 6.42 Å². The smallest absolute Gasteiger partial charge is 0.338 e. The molecule has 0 aliphatic heterocycles. The molecule has 2 aromatic carbocycles. The van der Waals surface area contributed by atoms with Gasteiger partial charge in [0.2, 0.25) is 0 Å². The second kappa shape index (κ2) is 5.80. The minimum absolute atomic E-state index is 0.284. The van der Waals surface area contributed by atoms with Crippen LogP contribution in [0.5, 0.6) is 0 Å². The second-order valence-corrected chi connectivity index (χ2v) is 5.02. The van der Waals surface area contributed by atoms with E-state index in [9.17, 15) is 4.79 Å². The van der Waals surface area contributed by atoms with Crippen LogP contribution in [0.15, 0.2) is 66.8 Å². The van der Waals surface area contributed by atoms with Crippen molar-refractivity contribution in [3.8, 4) is 0 Å². The highest BCUT2D eigenvalue weighted by molar-refractivity contribution is 5.98. The molecule has 0 N–H and O–H groups in total. The van der Waals surface area contributed by atoms with Crippen molar-refractivity contribution in [3.05, 3.63) is 77.9 Å². The lowest BCUT2D eigenvalue weighted by Gasteiger charge is -2.07. The number of hydrogen-bond donors (Lipinski definition) is 0. The summed E-state index contributed by atoms with van der Waals surface area (Å²) in [6.45, 7) is 4.17. The van der Waals surface area contributed by atoms with Gasteiger partial charge >= 0.3 is 5.97 Å². The molecule has 1 aliphatic rings. The number of benzene rings is 2. The van der Waals surface area contributed by atoms with Gasteiger partial charge in [0.25, 0.3) is 0 Å². The molecule has 0 atom stereocenters. The van der Waals surface area contributed by atoms with Gasteiger partial charge in [-0.25, -0.2) is 4.79 Å². The van der Waals surface area contributed by atoms with E-state index >= 15 is 0 Å². The summed E-state index contributed by atoms with van der Waals surface area (Å²) in [5.41, 5.74) is 2.77. The van der Waals surface area contributed by atoms with Gasteiger partial charge in [0.1, 0.15) is 6.61 Å². The summed E-state index contributed by atoms with van der Waals surface area (Å²) < 4.78 is 5.35. The zero-order valence-electron chi connectivity index (χ0n) is 11.7. The maximum Gasteiger partial charge on any atom is 0.338 e. The third kappa shape index (κ3) is 2.79. The fraction of sp³-hybridized carbons (Fsp3) is 0.105. The van der Waals surface area contributed by atoms with Crippen LogP contribution in [0.2, 0.25) is 0 Å². The fourth-order valence-corrected chi connectivity index (χ4v) is 2.45. The van der Waals surface area contributed by atoms with Crippen molar-refractivity contribution < 1.29 is 9.53 Å². The molecule has 2 aromatic rings. The van der Waals surface area contributed by atoms with Crippen molar-refractivity contribution >= 4 is 22.8 Å². The number of carbonyl (C=O) groups is 1. The Bertz CT molecular complexity index is 766. The van der Waals surface area contributed by atoms with E-state index in [0.29, 0.717) is 12.2 Å². The first-order valence-electron chi connectivity index (χ1n) is 6.95. The molecular weight excluding hydrogens is 260 g/mol. The van der Waals surface area contributed by atoms with Crippen LogP contribution in [0.3, 0.4) is 0 Å². The Morgan fingerprint density at radius 3 is 2.95 bits per heavy atom. The summed E-state index contributed by atoms with van der Waals surface area (Å²) in [6.07, 6.45) is 8.71. The summed E-state index contributed by atoms with van der Waals surface area (Å²) in [5, 5.41) is 2.11. The first-order chi connectivity index (χ1) is 10.3. The maximum atomic E-state index is 12.1. The van der Waals surface area contributed by atoms with Crippen LogP contribution in [0.25, 0.3) is 16.8 Å². The molecule has 0 heterocycles. The highest BCUT2D eigenvalue weighted by atomic mass is 16.5. The molecular formula is C19H16O2. The van der Waals surface area contributed by atoms with Gasteiger partial charge in [0.15, 0.2) is 0 Å². The van der Waals surface area contributed by atoms with E-state index in [0.717, 1.165) is 28.3 Å². The predicted octanol–water partition coefficient (Wildman–Crippen LogP) is 4.53. The quantitative estimate of drug-likeness (QED) is 0.767. The molecule has 0 unspecified atom stereocenters. The van der Waals surface area contributed by atoms with Gasteiger partial charge in [-0.05, 0) is 40.5 Å². The van der Waals surface area contributed by atoms with Crippen molar-refractivity contribution in [2.75, 3.05) is 6.61 Å². The van der Waals surface area contributed by atoms with Crippen LogP contribution >= 0.6 is 0 Å². The highest BCUT2D eigenvalue weighted by Crippen LogP contribution is 2.22. The number of fused-ring (bicyclic) bond motifs is 1. The molecule has 21 heavy (non-hydrogen) atoms. The van der Waals surface area contributed by atoms with Gasteiger partial charge in [0, 0.05) is 0 Å². The van der Waals surface area contributed by atoms with Crippen molar-refractivity contribution in [1.82, 2.24) is 0 Å². The zero-order chi connectivity index (χ0) is 14.7. The first kappa shape index (κ1) is 13.4. The summed E-state index contributed by atoms with van der Waals surface area (Å²) in [5.74, 6) is -0.284. The van der Waals surface area contributed by atoms with E-state index in [1.807, 2.05) is 48.6 Å². The largest absolute Gasteiger partial charge is 0.458 e. The topological polar surface area (TPSA) is 26.3 Å². The Morgan fingerprint density at radius 2 is 2.19 bits per heavy atom. The average Bonchev–Trinajstić information content (AvgIpc) is 3.04. The Balaban J connectivity index is 1.80. The standard InChI is InChI=1S/C19H16O2/c1-2-15-8-5-9-16-12-17(10-11-18(15)16)19(20)21-13-14-6-3-4-7-14/h2-6,8-12H,1,7,13H2. The van der Waals surface area contributed by atoms with E-state index in [-0.39, 0.29) is 5.97 Å². The number of carbonyl (C=O) groups excluding carboxylic acids is 1. The molecule has 0 radical (unpaired) electrons.